The molecule has 128 valence electrons. The van der Waals surface area contributed by atoms with Gasteiger partial charge in [0.2, 0.25) is 5.16 Å². The Morgan fingerprint density at radius 2 is 1.84 bits per heavy atom. The van der Waals surface area contributed by atoms with Crippen molar-refractivity contribution in [1.82, 2.24) is 14.9 Å². The molecule has 1 heterocycles. The van der Waals surface area contributed by atoms with Gasteiger partial charge in [0, 0.05) is 30.6 Å². The molecule has 0 saturated heterocycles. The zero-order valence-electron chi connectivity index (χ0n) is 14.0. The number of halogens is 1. The molecule has 0 saturated carbocycles. The van der Waals surface area contributed by atoms with E-state index in [0.29, 0.717) is 0 Å². The summed E-state index contributed by atoms with van der Waals surface area (Å²) in [6.07, 6.45) is 3.41. The van der Waals surface area contributed by atoms with Gasteiger partial charge in [0.15, 0.2) is 0 Å². The predicted octanol–water partition coefficient (Wildman–Crippen LogP) is 4.17. The summed E-state index contributed by atoms with van der Waals surface area (Å²) in [5.41, 5.74) is 3.35. The van der Waals surface area contributed by atoms with E-state index in [1.807, 2.05) is 50.5 Å². The van der Waals surface area contributed by atoms with Crippen LogP contribution in [0.15, 0.2) is 65.1 Å². The second kappa shape index (κ2) is 8.18. The Balaban J connectivity index is 1.65. The van der Waals surface area contributed by atoms with E-state index >= 15 is 0 Å². The fourth-order valence-electron chi connectivity index (χ4n) is 2.11. The van der Waals surface area contributed by atoms with E-state index in [4.69, 9.17) is 11.6 Å². The Labute approximate surface area is 156 Å². The Kier molecular flexibility index (Phi) is 5.73. The van der Waals surface area contributed by atoms with Gasteiger partial charge >= 0.3 is 0 Å². The van der Waals surface area contributed by atoms with Gasteiger partial charge in [-0.15, -0.1) is 10.2 Å². The third-order valence-corrected chi connectivity index (χ3v) is 4.78. The number of hydrogen-bond donors (Lipinski definition) is 0. The van der Waals surface area contributed by atoms with Crippen molar-refractivity contribution in [1.29, 1.82) is 0 Å². The molecule has 5 nitrogen and oxygen atoms in total. The minimum absolute atomic E-state index is 0.738. The smallest absolute Gasteiger partial charge is 0.212 e. The summed E-state index contributed by atoms with van der Waals surface area (Å²) in [4.78, 5) is 2.06. The molecule has 0 N–H and O–H groups in total. The number of rotatable bonds is 6. The van der Waals surface area contributed by atoms with Crippen LogP contribution in [-0.2, 0) is 5.75 Å². The minimum Gasteiger partial charge on any atom is -0.378 e. The molecule has 0 bridgehead atoms. The number of nitrogens with zero attached hydrogens (tertiary/aromatic N) is 5. The number of hydrogen-bond acceptors (Lipinski definition) is 5. The maximum atomic E-state index is 5.91. The quantitative estimate of drug-likeness (QED) is 0.482. The van der Waals surface area contributed by atoms with Gasteiger partial charge in [-0.3, -0.25) is 0 Å². The van der Waals surface area contributed by atoms with Gasteiger partial charge in [-0.05, 0) is 35.4 Å². The second-order valence-electron chi connectivity index (χ2n) is 5.60. The van der Waals surface area contributed by atoms with Crippen LogP contribution in [0.4, 0.5) is 5.69 Å². The fraction of sp³-hybridized carbons (Fsp3) is 0.167. The van der Waals surface area contributed by atoms with Crippen molar-refractivity contribution < 1.29 is 0 Å². The van der Waals surface area contributed by atoms with E-state index in [2.05, 4.69) is 32.3 Å². The zero-order chi connectivity index (χ0) is 17.6. The number of thioether (sulfide) groups is 1. The molecule has 3 aromatic rings. The van der Waals surface area contributed by atoms with Gasteiger partial charge < -0.3 is 4.90 Å². The Morgan fingerprint density at radius 1 is 1.12 bits per heavy atom. The molecule has 0 unspecified atom stereocenters. The summed E-state index contributed by atoms with van der Waals surface area (Å²) in [6, 6.07) is 16.0. The van der Waals surface area contributed by atoms with Gasteiger partial charge in [0.05, 0.1) is 6.21 Å². The molecular formula is C18H18ClN5S. The molecule has 0 radical (unpaired) electrons. The van der Waals surface area contributed by atoms with Gasteiger partial charge in [-0.25, -0.2) is 0 Å². The van der Waals surface area contributed by atoms with Crippen molar-refractivity contribution in [3.8, 4) is 0 Å². The maximum absolute atomic E-state index is 5.91. The number of aromatic nitrogens is 3. The highest BCUT2D eigenvalue weighted by molar-refractivity contribution is 7.98. The zero-order valence-corrected chi connectivity index (χ0v) is 15.6. The lowest BCUT2D eigenvalue weighted by Gasteiger charge is -2.11. The van der Waals surface area contributed by atoms with Crippen LogP contribution >= 0.6 is 23.4 Å². The molecule has 0 aliphatic rings. The third kappa shape index (κ3) is 4.84. The first-order valence-corrected chi connectivity index (χ1v) is 9.07. The Hall–Kier alpha value is -2.31. The fourth-order valence-corrected chi connectivity index (χ4v) is 3.06. The van der Waals surface area contributed by atoms with Crippen molar-refractivity contribution in [2.24, 2.45) is 5.10 Å². The summed E-state index contributed by atoms with van der Waals surface area (Å²) in [5, 5.41) is 14.0. The van der Waals surface area contributed by atoms with Crippen LogP contribution in [0, 0.1) is 0 Å². The lowest BCUT2D eigenvalue weighted by Crippen LogP contribution is -2.08. The van der Waals surface area contributed by atoms with Crippen molar-refractivity contribution in [3.63, 3.8) is 0 Å². The lowest BCUT2D eigenvalue weighted by atomic mass is 10.2. The van der Waals surface area contributed by atoms with Gasteiger partial charge in [0.25, 0.3) is 0 Å². The third-order valence-electron chi connectivity index (χ3n) is 3.52. The van der Waals surface area contributed by atoms with E-state index < -0.39 is 0 Å². The average molecular weight is 372 g/mol. The van der Waals surface area contributed by atoms with Crippen LogP contribution in [0.1, 0.15) is 11.1 Å². The van der Waals surface area contributed by atoms with Crippen LogP contribution in [-0.4, -0.2) is 35.2 Å². The molecule has 7 heteroatoms. The SMILES string of the molecule is CN(C)c1ccc(/C=N/n2cnnc2SCc2ccc(Cl)cc2)cc1. The first-order chi connectivity index (χ1) is 12.1. The van der Waals surface area contributed by atoms with Crippen molar-refractivity contribution in [2.45, 2.75) is 10.9 Å². The van der Waals surface area contributed by atoms with Crippen molar-refractivity contribution in [2.75, 3.05) is 19.0 Å². The average Bonchev–Trinajstić information content (AvgIpc) is 3.07. The highest BCUT2D eigenvalue weighted by Crippen LogP contribution is 2.21. The monoisotopic (exact) mass is 371 g/mol. The lowest BCUT2D eigenvalue weighted by molar-refractivity contribution is 0.767. The van der Waals surface area contributed by atoms with E-state index in [0.717, 1.165) is 27.2 Å². The maximum Gasteiger partial charge on any atom is 0.212 e. The molecule has 0 spiro atoms. The van der Waals surface area contributed by atoms with E-state index in [1.54, 1.807) is 29.0 Å². The predicted molar refractivity (Wildman–Crippen MR) is 105 cm³/mol. The molecule has 3 rings (SSSR count). The largest absolute Gasteiger partial charge is 0.378 e. The van der Waals surface area contributed by atoms with E-state index in [1.165, 1.54) is 5.56 Å². The van der Waals surface area contributed by atoms with Crippen molar-refractivity contribution in [3.05, 3.63) is 71.0 Å². The minimum atomic E-state index is 0.738. The molecular weight excluding hydrogens is 354 g/mol. The second-order valence-corrected chi connectivity index (χ2v) is 6.98. The molecule has 0 atom stereocenters. The highest BCUT2D eigenvalue weighted by atomic mass is 35.5. The summed E-state index contributed by atoms with van der Waals surface area (Å²) in [7, 11) is 4.04. The Morgan fingerprint density at radius 3 is 2.52 bits per heavy atom. The first-order valence-electron chi connectivity index (χ1n) is 7.71. The molecule has 0 amide bonds. The van der Waals surface area contributed by atoms with Crippen LogP contribution in [0.5, 0.6) is 0 Å². The van der Waals surface area contributed by atoms with Gasteiger partial charge in [-0.2, -0.15) is 9.78 Å². The van der Waals surface area contributed by atoms with E-state index in [9.17, 15) is 0 Å². The number of anilines is 1. The summed E-state index contributed by atoms with van der Waals surface area (Å²) in [5.74, 6) is 0.781. The Bertz CT molecular complexity index is 841. The number of benzene rings is 2. The van der Waals surface area contributed by atoms with E-state index in [-0.39, 0.29) is 0 Å². The van der Waals surface area contributed by atoms with Crippen LogP contribution in [0.3, 0.4) is 0 Å². The topological polar surface area (TPSA) is 46.3 Å². The van der Waals surface area contributed by atoms with Crippen LogP contribution in [0.25, 0.3) is 0 Å². The molecule has 0 aliphatic carbocycles. The standard InChI is InChI=1S/C18H18ClN5S/c1-23(2)17-9-5-14(6-10-17)11-21-24-13-20-22-18(24)25-12-15-3-7-16(19)8-4-15/h3-11,13H,12H2,1-2H3/b21-11+. The summed E-state index contributed by atoms with van der Waals surface area (Å²) >= 11 is 7.49. The highest BCUT2D eigenvalue weighted by Gasteiger charge is 2.04. The summed E-state index contributed by atoms with van der Waals surface area (Å²) in [6.45, 7) is 0. The molecule has 25 heavy (non-hydrogen) atoms. The summed E-state index contributed by atoms with van der Waals surface area (Å²) < 4.78 is 1.68. The molecule has 0 fully saturated rings. The molecule has 1 aromatic heterocycles. The molecule has 2 aromatic carbocycles. The van der Waals surface area contributed by atoms with Gasteiger partial charge in [-0.1, -0.05) is 47.6 Å². The normalized spacial score (nSPS) is 11.2. The first kappa shape index (κ1) is 17.5. The molecule has 0 aliphatic heterocycles. The van der Waals surface area contributed by atoms with Crippen LogP contribution in [0.2, 0.25) is 5.02 Å². The van der Waals surface area contributed by atoms with Crippen LogP contribution < -0.4 is 4.90 Å². The van der Waals surface area contributed by atoms with Gasteiger partial charge in [0.1, 0.15) is 6.33 Å². The van der Waals surface area contributed by atoms with Crippen molar-refractivity contribution >= 4 is 35.3 Å².